The summed E-state index contributed by atoms with van der Waals surface area (Å²) in [6.07, 6.45) is 4.41. The molecule has 1 atom stereocenters. The number of ether oxygens (including phenoxy) is 1. The summed E-state index contributed by atoms with van der Waals surface area (Å²) in [5.74, 6) is 0. The number of rotatable bonds is 7. The lowest BCUT2D eigenvalue weighted by molar-refractivity contribution is 0.0158. The highest BCUT2D eigenvalue weighted by Crippen LogP contribution is 2.35. The predicted molar refractivity (Wildman–Crippen MR) is 91.1 cm³/mol. The fraction of sp³-hybridized carbons (Fsp3) is 0.684. The van der Waals surface area contributed by atoms with Crippen LogP contribution >= 0.6 is 0 Å². The van der Waals surface area contributed by atoms with Gasteiger partial charge in [-0.3, -0.25) is 4.90 Å². The second kappa shape index (κ2) is 8.09. The van der Waals surface area contributed by atoms with E-state index in [9.17, 15) is 5.11 Å². The third-order valence-corrected chi connectivity index (χ3v) is 5.03. The highest BCUT2D eigenvalue weighted by molar-refractivity contribution is 5.30. The van der Waals surface area contributed by atoms with Crippen LogP contribution in [0.5, 0.6) is 0 Å². The molecule has 1 aliphatic heterocycles. The van der Waals surface area contributed by atoms with E-state index in [4.69, 9.17) is 4.74 Å². The summed E-state index contributed by atoms with van der Waals surface area (Å²) in [7, 11) is 1.75. The molecule has 22 heavy (non-hydrogen) atoms. The van der Waals surface area contributed by atoms with Gasteiger partial charge >= 0.3 is 0 Å². The van der Waals surface area contributed by atoms with Crippen molar-refractivity contribution in [1.29, 1.82) is 0 Å². The lowest BCUT2D eigenvalue weighted by Crippen LogP contribution is -2.45. The minimum atomic E-state index is 0.0640. The van der Waals surface area contributed by atoms with Gasteiger partial charge in [0.15, 0.2) is 0 Å². The maximum atomic E-state index is 9.96. The Hall–Kier alpha value is -0.900. The predicted octanol–water partition coefficient (Wildman–Crippen LogP) is 3.30. The lowest BCUT2D eigenvalue weighted by Gasteiger charge is -2.42. The Balaban J connectivity index is 2.01. The van der Waals surface area contributed by atoms with E-state index in [1.165, 1.54) is 23.1 Å². The monoisotopic (exact) mass is 305 g/mol. The molecule has 1 aromatic carbocycles. The number of aliphatic hydroxyl groups excluding tert-OH is 1. The number of hydrogen-bond donors (Lipinski definition) is 1. The van der Waals surface area contributed by atoms with E-state index in [-0.39, 0.29) is 5.41 Å². The van der Waals surface area contributed by atoms with Crippen molar-refractivity contribution in [1.82, 2.24) is 4.90 Å². The zero-order chi connectivity index (χ0) is 16.0. The van der Waals surface area contributed by atoms with Crippen LogP contribution in [0.3, 0.4) is 0 Å². The van der Waals surface area contributed by atoms with Crippen LogP contribution in [0.25, 0.3) is 0 Å². The first-order chi connectivity index (χ1) is 10.6. The Labute approximate surface area is 135 Å². The van der Waals surface area contributed by atoms with Gasteiger partial charge < -0.3 is 9.84 Å². The maximum Gasteiger partial charge on any atom is 0.0499 e. The average molecular weight is 305 g/mol. The standard InChI is InChI=1S/C19H31NO2/c1-16-6-7-17(2)18(12-16)13-20-10-4-8-19(14-20,15-21)9-5-11-22-3/h6-7,12,21H,4-5,8-11,13-15H2,1-3H3/t19-/m1/s1. The molecule has 0 unspecified atom stereocenters. The van der Waals surface area contributed by atoms with Gasteiger partial charge in [-0.2, -0.15) is 0 Å². The van der Waals surface area contributed by atoms with E-state index in [1.54, 1.807) is 7.11 Å². The first-order valence-electron chi connectivity index (χ1n) is 8.47. The molecular formula is C19H31NO2. The van der Waals surface area contributed by atoms with E-state index in [0.29, 0.717) is 6.61 Å². The van der Waals surface area contributed by atoms with Crippen molar-refractivity contribution in [2.75, 3.05) is 33.4 Å². The van der Waals surface area contributed by atoms with Gasteiger partial charge in [0.2, 0.25) is 0 Å². The molecule has 0 aromatic heterocycles. The number of hydrogen-bond acceptors (Lipinski definition) is 3. The third kappa shape index (κ3) is 4.55. The highest BCUT2D eigenvalue weighted by Gasteiger charge is 2.34. The fourth-order valence-corrected chi connectivity index (χ4v) is 3.66. The van der Waals surface area contributed by atoms with Crippen molar-refractivity contribution >= 4 is 0 Å². The van der Waals surface area contributed by atoms with Gasteiger partial charge in [-0.05, 0) is 57.2 Å². The number of aliphatic hydroxyl groups is 1. The molecule has 1 saturated heterocycles. The first kappa shape index (κ1) is 17.5. The van der Waals surface area contributed by atoms with Gasteiger partial charge in [0.05, 0.1) is 0 Å². The molecule has 0 bridgehead atoms. The second-order valence-electron chi connectivity index (χ2n) is 7.00. The molecular weight excluding hydrogens is 274 g/mol. The summed E-state index contributed by atoms with van der Waals surface area (Å²) >= 11 is 0. The van der Waals surface area contributed by atoms with Crippen LogP contribution in [0.15, 0.2) is 18.2 Å². The van der Waals surface area contributed by atoms with E-state index in [0.717, 1.165) is 45.5 Å². The zero-order valence-electron chi connectivity index (χ0n) is 14.4. The molecule has 2 rings (SSSR count). The van der Waals surface area contributed by atoms with E-state index < -0.39 is 0 Å². The Morgan fingerprint density at radius 3 is 2.86 bits per heavy atom. The maximum absolute atomic E-state index is 9.96. The van der Waals surface area contributed by atoms with Crippen LogP contribution in [0, 0.1) is 19.3 Å². The Morgan fingerprint density at radius 1 is 1.32 bits per heavy atom. The number of nitrogens with zero attached hydrogens (tertiary/aromatic N) is 1. The molecule has 3 heteroatoms. The molecule has 0 saturated carbocycles. The van der Waals surface area contributed by atoms with Crippen LogP contribution in [-0.4, -0.2) is 43.4 Å². The van der Waals surface area contributed by atoms with Crippen molar-refractivity contribution in [3.05, 3.63) is 34.9 Å². The lowest BCUT2D eigenvalue weighted by atomic mass is 9.77. The van der Waals surface area contributed by atoms with Gasteiger partial charge in [0, 0.05) is 38.8 Å². The molecule has 0 amide bonds. The molecule has 0 spiro atoms. The van der Waals surface area contributed by atoms with Crippen molar-refractivity contribution in [2.45, 2.75) is 46.1 Å². The second-order valence-corrected chi connectivity index (χ2v) is 7.00. The molecule has 1 fully saturated rings. The average Bonchev–Trinajstić information content (AvgIpc) is 2.52. The van der Waals surface area contributed by atoms with E-state index >= 15 is 0 Å². The van der Waals surface area contributed by atoms with Crippen molar-refractivity contribution in [3.8, 4) is 0 Å². The van der Waals surface area contributed by atoms with Crippen molar-refractivity contribution in [2.24, 2.45) is 5.41 Å². The van der Waals surface area contributed by atoms with E-state index in [2.05, 4.69) is 36.9 Å². The van der Waals surface area contributed by atoms with Crippen LogP contribution in [-0.2, 0) is 11.3 Å². The molecule has 1 heterocycles. The number of likely N-dealkylation sites (tertiary alicyclic amines) is 1. The summed E-state index contributed by atoms with van der Waals surface area (Å²) in [5, 5.41) is 9.96. The van der Waals surface area contributed by atoms with Crippen molar-refractivity contribution < 1.29 is 9.84 Å². The third-order valence-electron chi connectivity index (χ3n) is 5.03. The smallest absolute Gasteiger partial charge is 0.0499 e. The number of methoxy groups -OCH3 is 1. The van der Waals surface area contributed by atoms with Crippen LogP contribution in [0.4, 0.5) is 0 Å². The number of piperidine rings is 1. The van der Waals surface area contributed by atoms with Gasteiger partial charge in [0.1, 0.15) is 0 Å². The minimum absolute atomic E-state index is 0.0640. The summed E-state index contributed by atoms with van der Waals surface area (Å²) in [6, 6.07) is 6.69. The molecule has 3 nitrogen and oxygen atoms in total. The number of aryl methyl sites for hydroxylation is 2. The summed E-state index contributed by atoms with van der Waals surface area (Å²) < 4.78 is 5.18. The van der Waals surface area contributed by atoms with Crippen LogP contribution < -0.4 is 0 Å². The quantitative estimate of drug-likeness (QED) is 0.785. The molecule has 124 valence electrons. The minimum Gasteiger partial charge on any atom is -0.396 e. The molecule has 0 aliphatic carbocycles. The largest absolute Gasteiger partial charge is 0.396 e. The highest BCUT2D eigenvalue weighted by atomic mass is 16.5. The Morgan fingerprint density at radius 2 is 2.14 bits per heavy atom. The SMILES string of the molecule is COCCC[C@]1(CO)CCCN(Cc2cc(C)ccc2C)C1. The Kier molecular flexibility index (Phi) is 6.42. The number of benzene rings is 1. The van der Waals surface area contributed by atoms with Gasteiger partial charge in [-0.15, -0.1) is 0 Å². The Bertz CT molecular complexity index is 475. The molecule has 1 N–H and O–H groups in total. The zero-order valence-corrected chi connectivity index (χ0v) is 14.4. The van der Waals surface area contributed by atoms with Crippen LogP contribution in [0.1, 0.15) is 42.4 Å². The van der Waals surface area contributed by atoms with Gasteiger partial charge in [-0.1, -0.05) is 23.8 Å². The molecule has 1 aliphatic rings. The molecule has 1 aromatic rings. The first-order valence-corrected chi connectivity index (χ1v) is 8.47. The van der Waals surface area contributed by atoms with Crippen LogP contribution in [0.2, 0.25) is 0 Å². The summed E-state index contributed by atoms with van der Waals surface area (Å²) in [4.78, 5) is 2.52. The van der Waals surface area contributed by atoms with Gasteiger partial charge in [0.25, 0.3) is 0 Å². The fourth-order valence-electron chi connectivity index (χ4n) is 3.66. The summed E-state index contributed by atoms with van der Waals surface area (Å²) in [5.41, 5.74) is 4.18. The van der Waals surface area contributed by atoms with Gasteiger partial charge in [-0.25, -0.2) is 0 Å². The summed E-state index contributed by atoms with van der Waals surface area (Å²) in [6.45, 7) is 8.57. The normalized spacial score (nSPS) is 22.9. The van der Waals surface area contributed by atoms with E-state index in [1.807, 2.05) is 0 Å². The van der Waals surface area contributed by atoms with Crippen molar-refractivity contribution in [3.63, 3.8) is 0 Å². The molecule has 0 radical (unpaired) electrons. The topological polar surface area (TPSA) is 32.7 Å².